The van der Waals surface area contributed by atoms with Crippen LogP contribution in [0.2, 0.25) is 0 Å². The summed E-state index contributed by atoms with van der Waals surface area (Å²) in [6.07, 6.45) is 6.46. The number of aryl methyl sites for hydroxylation is 6. The highest BCUT2D eigenvalue weighted by atomic mass is 19.5. The van der Waals surface area contributed by atoms with Gasteiger partial charge in [-0.3, -0.25) is 0 Å². The van der Waals surface area contributed by atoms with Crippen molar-refractivity contribution in [1.29, 1.82) is 0 Å². The average molecular weight is 392 g/mol. The van der Waals surface area contributed by atoms with E-state index >= 15 is 0 Å². The second-order valence-corrected chi connectivity index (χ2v) is 7.22. The number of hydrogen-bond acceptors (Lipinski definition) is 0. The molecule has 0 N–H and O–H groups in total. The van der Waals surface area contributed by atoms with Crippen LogP contribution in [0.15, 0.2) is 43.0 Å². The summed E-state index contributed by atoms with van der Waals surface area (Å²) in [6, 6.07) is 8.98. The topological polar surface area (TPSA) is 8.81 Å². The zero-order chi connectivity index (χ0) is 21.2. The van der Waals surface area contributed by atoms with Crippen LogP contribution in [-0.2, 0) is 0 Å². The van der Waals surface area contributed by atoms with Crippen molar-refractivity contribution in [3.63, 3.8) is 0 Å². The van der Waals surface area contributed by atoms with Crippen LogP contribution in [0, 0.1) is 41.5 Å². The van der Waals surface area contributed by atoms with Crippen LogP contribution in [0.25, 0.3) is 11.4 Å². The third-order valence-corrected chi connectivity index (χ3v) is 4.42. The lowest BCUT2D eigenvalue weighted by Gasteiger charge is -2.08. The van der Waals surface area contributed by atoms with Gasteiger partial charge in [-0.15, -0.1) is 0 Å². The molecule has 0 saturated carbocycles. The summed E-state index contributed by atoms with van der Waals surface area (Å²) in [5.41, 5.74) is 10.4. The number of rotatable bonds is 2. The molecular formula is C21H25BF4N2. The minimum Gasteiger partial charge on any atom is -0.418 e. The number of aromatic nitrogens is 2. The van der Waals surface area contributed by atoms with Crippen LogP contribution in [-0.4, -0.2) is 11.8 Å². The summed E-state index contributed by atoms with van der Waals surface area (Å²) in [6.45, 7) is 13.0. The standard InChI is InChI=1S/C21H25N2.BF4/c1-14-9-16(3)20(17(4)10-14)22-7-8-23(13-22)21-18(5)11-15(2)12-19(21)6;2-1(3,4)5/h7-13H,1-6H3;/q+1;-1. The fourth-order valence-electron chi connectivity index (χ4n) is 3.78. The van der Waals surface area contributed by atoms with Gasteiger partial charge in [-0.2, -0.15) is 0 Å². The first-order valence-electron chi connectivity index (χ1n) is 9.00. The van der Waals surface area contributed by atoms with E-state index in [1.165, 1.54) is 44.8 Å². The summed E-state index contributed by atoms with van der Waals surface area (Å²) < 4.78 is 43.5. The van der Waals surface area contributed by atoms with Gasteiger partial charge in [-0.1, -0.05) is 35.4 Å². The van der Waals surface area contributed by atoms with E-state index in [4.69, 9.17) is 0 Å². The second kappa shape index (κ2) is 8.21. The molecule has 0 radical (unpaired) electrons. The number of halogens is 4. The van der Waals surface area contributed by atoms with Crippen molar-refractivity contribution in [3.8, 4) is 11.4 Å². The van der Waals surface area contributed by atoms with Crippen molar-refractivity contribution < 1.29 is 21.8 Å². The van der Waals surface area contributed by atoms with Gasteiger partial charge in [0.15, 0.2) is 0 Å². The Morgan fingerprint density at radius 1 is 0.714 bits per heavy atom. The van der Waals surface area contributed by atoms with E-state index in [0.717, 1.165) is 0 Å². The molecule has 0 amide bonds. The van der Waals surface area contributed by atoms with E-state index in [-0.39, 0.29) is 0 Å². The average Bonchev–Trinajstić information content (AvgIpc) is 2.92. The van der Waals surface area contributed by atoms with Crippen LogP contribution in [0.1, 0.15) is 33.4 Å². The zero-order valence-electron chi connectivity index (χ0n) is 17.0. The Morgan fingerprint density at radius 2 is 1.11 bits per heavy atom. The minimum absolute atomic E-state index is 1.27. The predicted octanol–water partition coefficient (Wildman–Crippen LogP) is 5.90. The molecule has 0 spiro atoms. The Hall–Kier alpha value is -2.57. The maximum absolute atomic E-state index is 9.75. The third-order valence-electron chi connectivity index (χ3n) is 4.42. The molecule has 0 unspecified atom stereocenters. The maximum atomic E-state index is 9.75. The van der Waals surface area contributed by atoms with Gasteiger partial charge in [-0.05, 0) is 63.8 Å². The fourth-order valence-corrected chi connectivity index (χ4v) is 3.78. The van der Waals surface area contributed by atoms with Crippen LogP contribution in [0.4, 0.5) is 17.3 Å². The quantitative estimate of drug-likeness (QED) is 0.292. The molecule has 7 heteroatoms. The highest BCUT2D eigenvalue weighted by Gasteiger charge is 2.20. The SMILES string of the molecule is Cc1cc(C)c(-n2cc[n+](-c3c(C)cc(C)cc3C)c2)c(C)c1.F[B-](F)(F)F. The third kappa shape index (κ3) is 5.47. The molecule has 1 aromatic heterocycles. The Labute approximate surface area is 163 Å². The summed E-state index contributed by atoms with van der Waals surface area (Å²) in [5.74, 6) is 0. The maximum Gasteiger partial charge on any atom is 0.673 e. The monoisotopic (exact) mass is 392 g/mol. The lowest BCUT2D eigenvalue weighted by Crippen LogP contribution is -2.30. The molecule has 3 aromatic rings. The Bertz CT molecular complexity index is 866. The first kappa shape index (κ1) is 21.7. The van der Waals surface area contributed by atoms with Crippen LogP contribution < -0.4 is 4.57 Å². The summed E-state index contributed by atoms with van der Waals surface area (Å²) in [4.78, 5) is 0. The molecule has 0 bridgehead atoms. The van der Waals surface area contributed by atoms with Gasteiger partial charge < -0.3 is 17.3 Å². The number of nitrogens with zero attached hydrogens (tertiary/aromatic N) is 2. The highest BCUT2D eigenvalue weighted by molar-refractivity contribution is 6.50. The van der Waals surface area contributed by atoms with Gasteiger partial charge >= 0.3 is 7.25 Å². The molecule has 1 heterocycles. The number of benzene rings is 2. The van der Waals surface area contributed by atoms with Crippen LogP contribution >= 0.6 is 0 Å². The molecule has 0 aliphatic heterocycles. The van der Waals surface area contributed by atoms with Crippen molar-refractivity contribution in [1.82, 2.24) is 4.57 Å². The van der Waals surface area contributed by atoms with Crippen molar-refractivity contribution >= 4 is 7.25 Å². The van der Waals surface area contributed by atoms with E-state index in [9.17, 15) is 17.3 Å². The lowest BCUT2D eigenvalue weighted by molar-refractivity contribution is -0.595. The molecule has 3 rings (SSSR count). The Kier molecular flexibility index (Phi) is 6.37. The van der Waals surface area contributed by atoms with Gasteiger partial charge in [-0.25, -0.2) is 9.13 Å². The van der Waals surface area contributed by atoms with Crippen molar-refractivity contribution in [2.75, 3.05) is 0 Å². The van der Waals surface area contributed by atoms with E-state index in [2.05, 4.69) is 93.7 Å². The van der Waals surface area contributed by atoms with Crippen molar-refractivity contribution in [2.24, 2.45) is 0 Å². The second-order valence-electron chi connectivity index (χ2n) is 7.22. The molecule has 150 valence electrons. The van der Waals surface area contributed by atoms with Gasteiger partial charge in [0.25, 0.3) is 6.33 Å². The molecule has 0 atom stereocenters. The van der Waals surface area contributed by atoms with Crippen LogP contribution in [0.3, 0.4) is 0 Å². The van der Waals surface area contributed by atoms with Gasteiger partial charge in [0.2, 0.25) is 0 Å². The molecular weight excluding hydrogens is 367 g/mol. The van der Waals surface area contributed by atoms with E-state index in [0.29, 0.717) is 0 Å². The van der Waals surface area contributed by atoms with E-state index in [1.54, 1.807) is 0 Å². The molecule has 0 aliphatic carbocycles. The van der Waals surface area contributed by atoms with Gasteiger partial charge in [0.1, 0.15) is 23.8 Å². The zero-order valence-corrected chi connectivity index (χ0v) is 17.0. The molecule has 0 saturated heterocycles. The normalized spacial score (nSPS) is 11.2. The first-order valence-corrected chi connectivity index (χ1v) is 9.00. The summed E-state index contributed by atoms with van der Waals surface area (Å²) in [7, 11) is -6.00. The predicted molar refractivity (Wildman–Crippen MR) is 106 cm³/mol. The van der Waals surface area contributed by atoms with E-state index in [1.807, 2.05) is 0 Å². The van der Waals surface area contributed by atoms with Crippen LogP contribution in [0.5, 0.6) is 0 Å². The highest BCUT2D eigenvalue weighted by Crippen LogP contribution is 2.21. The number of hydrogen-bond donors (Lipinski definition) is 0. The van der Waals surface area contributed by atoms with E-state index < -0.39 is 7.25 Å². The Morgan fingerprint density at radius 3 is 1.54 bits per heavy atom. The largest absolute Gasteiger partial charge is 0.673 e. The molecule has 0 fully saturated rings. The smallest absolute Gasteiger partial charge is 0.418 e. The number of imidazole rings is 1. The molecule has 0 aliphatic rings. The van der Waals surface area contributed by atoms with Crippen molar-refractivity contribution in [2.45, 2.75) is 41.5 Å². The fraction of sp³-hybridized carbons (Fsp3) is 0.286. The van der Waals surface area contributed by atoms with Crippen molar-refractivity contribution in [3.05, 3.63) is 76.4 Å². The Balaban J connectivity index is 0.000000500. The summed E-state index contributed by atoms with van der Waals surface area (Å²) >= 11 is 0. The molecule has 28 heavy (non-hydrogen) atoms. The van der Waals surface area contributed by atoms with Gasteiger partial charge in [0.05, 0.1) is 0 Å². The van der Waals surface area contributed by atoms with Gasteiger partial charge in [0, 0.05) is 0 Å². The minimum atomic E-state index is -6.00. The molecule has 2 aromatic carbocycles. The lowest BCUT2D eigenvalue weighted by atomic mass is 10.0. The summed E-state index contributed by atoms with van der Waals surface area (Å²) in [5, 5.41) is 0. The first-order chi connectivity index (χ1) is 12.9. The molecule has 2 nitrogen and oxygen atoms in total.